The zero-order chi connectivity index (χ0) is 13.8. The number of hydrogen-bond donors (Lipinski definition) is 2. The number of carbonyl (C=O) groups is 1. The van der Waals surface area contributed by atoms with Gasteiger partial charge in [-0.25, -0.2) is 0 Å². The van der Waals surface area contributed by atoms with Crippen molar-refractivity contribution in [2.75, 3.05) is 5.32 Å². The van der Waals surface area contributed by atoms with Gasteiger partial charge in [0.15, 0.2) is 0 Å². The maximum absolute atomic E-state index is 12.1. The van der Waals surface area contributed by atoms with Gasteiger partial charge in [0.1, 0.15) is 0 Å². The number of aryl methyl sites for hydroxylation is 2. The molecule has 2 aromatic carbocycles. The van der Waals surface area contributed by atoms with Gasteiger partial charge in [-0.1, -0.05) is 29.8 Å². The van der Waals surface area contributed by atoms with E-state index in [1.54, 1.807) is 0 Å². The van der Waals surface area contributed by atoms with Crippen LogP contribution in [0.1, 0.15) is 27.0 Å². The molecule has 19 heavy (non-hydrogen) atoms. The molecular weight excluding hydrogens is 236 g/mol. The molecule has 3 heteroatoms. The fourth-order valence-electron chi connectivity index (χ4n) is 1.83. The van der Waals surface area contributed by atoms with Crippen molar-refractivity contribution in [3.05, 3.63) is 64.7 Å². The molecule has 0 bridgehead atoms. The fourth-order valence-corrected chi connectivity index (χ4v) is 1.83. The lowest BCUT2D eigenvalue weighted by Gasteiger charge is -2.10. The molecule has 0 aliphatic rings. The highest BCUT2D eigenvalue weighted by Gasteiger charge is 2.07. The monoisotopic (exact) mass is 254 g/mol. The van der Waals surface area contributed by atoms with Crippen molar-refractivity contribution in [1.29, 1.82) is 0 Å². The van der Waals surface area contributed by atoms with Crippen molar-refractivity contribution in [2.24, 2.45) is 5.73 Å². The first kappa shape index (κ1) is 13.3. The first-order valence-electron chi connectivity index (χ1n) is 6.28. The molecule has 2 rings (SSSR count). The van der Waals surface area contributed by atoms with Crippen molar-refractivity contribution in [1.82, 2.24) is 0 Å². The Balaban J connectivity index is 2.21. The van der Waals surface area contributed by atoms with E-state index in [1.165, 1.54) is 0 Å². The minimum absolute atomic E-state index is 0.0997. The molecule has 0 fully saturated rings. The lowest BCUT2D eigenvalue weighted by molar-refractivity contribution is 0.102. The first-order valence-corrected chi connectivity index (χ1v) is 6.28. The van der Waals surface area contributed by atoms with Gasteiger partial charge in [0.25, 0.3) is 5.91 Å². The highest BCUT2D eigenvalue weighted by atomic mass is 16.1. The smallest absolute Gasteiger partial charge is 0.255 e. The van der Waals surface area contributed by atoms with Gasteiger partial charge in [-0.05, 0) is 43.2 Å². The van der Waals surface area contributed by atoms with Gasteiger partial charge in [0.05, 0.1) is 0 Å². The Morgan fingerprint density at radius 1 is 1.11 bits per heavy atom. The summed E-state index contributed by atoms with van der Waals surface area (Å²) in [5, 5.41) is 2.93. The highest BCUT2D eigenvalue weighted by molar-refractivity contribution is 6.04. The van der Waals surface area contributed by atoms with Gasteiger partial charge < -0.3 is 11.1 Å². The summed E-state index contributed by atoms with van der Waals surface area (Å²) in [7, 11) is 0. The van der Waals surface area contributed by atoms with E-state index in [9.17, 15) is 4.79 Å². The molecule has 1 amide bonds. The van der Waals surface area contributed by atoms with Crippen molar-refractivity contribution >= 4 is 11.6 Å². The molecule has 0 saturated carbocycles. The van der Waals surface area contributed by atoms with Crippen molar-refractivity contribution < 1.29 is 4.79 Å². The molecule has 0 atom stereocenters. The van der Waals surface area contributed by atoms with Crippen LogP contribution in [0.25, 0.3) is 0 Å². The Morgan fingerprint density at radius 2 is 1.79 bits per heavy atom. The quantitative estimate of drug-likeness (QED) is 0.884. The summed E-state index contributed by atoms with van der Waals surface area (Å²) in [6, 6.07) is 13.4. The van der Waals surface area contributed by atoms with Crippen LogP contribution in [0.4, 0.5) is 5.69 Å². The summed E-state index contributed by atoms with van der Waals surface area (Å²) in [5.41, 5.74) is 10.3. The van der Waals surface area contributed by atoms with Crippen LogP contribution in [0, 0.1) is 13.8 Å². The number of hydrogen-bond acceptors (Lipinski definition) is 2. The maximum Gasteiger partial charge on any atom is 0.255 e. The van der Waals surface area contributed by atoms with Crippen LogP contribution in [0.15, 0.2) is 42.5 Å². The number of nitrogens with two attached hydrogens (primary N) is 1. The van der Waals surface area contributed by atoms with Crippen LogP contribution < -0.4 is 11.1 Å². The van der Waals surface area contributed by atoms with Crippen LogP contribution >= 0.6 is 0 Å². The lowest BCUT2D eigenvalue weighted by atomic mass is 10.1. The third kappa shape index (κ3) is 3.20. The van der Waals surface area contributed by atoms with Gasteiger partial charge in [-0.15, -0.1) is 0 Å². The Hall–Kier alpha value is -2.13. The van der Waals surface area contributed by atoms with Gasteiger partial charge in [0.2, 0.25) is 0 Å². The molecule has 0 aromatic heterocycles. The summed E-state index contributed by atoms with van der Waals surface area (Å²) in [6.07, 6.45) is 0. The summed E-state index contributed by atoms with van der Waals surface area (Å²) in [6.45, 7) is 4.43. The Morgan fingerprint density at radius 3 is 2.42 bits per heavy atom. The van der Waals surface area contributed by atoms with Crippen LogP contribution in [0.5, 0.6) is 0 Å². The first-order chi connectivity index (χ1) is 9.10. The van der Waals surface area contributed by atoms with Crippen molar-refractivity contribution in [3.8, 4) is 0 Å². The van der Waals surface area contributed by atoms with Gasteiger partial charge in [0, 0.05) is 17.8 Å². The maximum atomic E-state index is 12.1. The van der Waals surface area contributed by atoms with Crippen molar-refractivity contribution in [3.63, 3.8) is 0 Å². The third-order valence-electron chi connectivity index (χ3n) is 3.10. The number of amides is 1. The number of benzene rings is 2. The second-order valence-electron chi connectivity index (χ2n) is 4.67. The second kappa shape index (κ2) is 5.67. The van der Waals surface area contributed by atoms with E-state index < -0.39 is 0 Å². The normalized spacial score (nSPS) is 10.3. The van der Waals surface area contributed by atoms with Gasteiger partial charge >= 0.3 is 0 Å². The van der Waals surface area contributed by atoms with Crippen LogP contribution in [-0.2, 0) is 6.54 Å². The van der Waals surface area contributed by atoms with E-state index in [4.69, 9.17) is 5.73 Å². The molecule has 3 N–H and O–H groups in total. The van der Waals surface area contributed by atoms with Crippen LogP contribution in [0.3, 0.4) is 0 Å². The molecule has 2 aromatic rings. The lowest BCUT2D eigenvalue weighted by Crippen LogP contribution is -2.13. The van der Waals surface area contributed by atoms with Crippen LogP contribution in [-0.4, -0.2) is 5.91 Å². The average Bonchev–Trinajstić information content (AvgIpc) is 2.42. The van der Waals surface area contributed by atoms with Gasteiger partial charge in [-0.3, -0.25) is 4.79 Å². The Kier molecular flexibility index (Phi) is 3.97. The number of rotatable bonds is 3. The topological polar surface area (TPSA) is 55.1 Å². The third-order valence-corrected chi connectivity index (χ3v) is 3.10. The summed E-state index contributed by atoms with van der Waals surface area (Å²) < 4.78 is 0. The second-order valence-corrected chi connectivity index (χ2v) is 4.67. The number of carbonyl (C=O) groups excluding carboxylic acids is 1. The Bertz CT molecular complexity index is 588. The minimum Gasteiger partial charge on any atom is -0.326 e. The highest BCUT2D eigenvalue weighted by Crippen LogP contribution is 2.18. The van der Waals surface area contributed by atoms with Gasteiger partial charge in [-0.2, -0.15) is 0 Å². The average molecular weight is 254 g/mol. The summed E-state index contributed by atoms with van der Waals surface area (Å²) >= 11 is 0. The van der Waals surface area contributed by atoms with E-state index in [2.05, 4.69) is 5.32 Å². The fraction of sp³-hybridized carbons (Fsp3) is 0.188. The zero-order valence-electron chi connectivity index (χ0n) is 11.2. The van der Waals surface area contributed by atoms with E-state index in [0.29, 0.717) is 12.1 Å². The molecule has 0 unspecified atom stereocenters. The van der Waals surface area contributed by atoms with Crippen molar-refractivity contribution in [2.45, 2.75) is 20.4 Å². The predicted molar refractivity (Wildman–Crippen MR) is 78.2 cm³/mol. The summed E-state index contributed by atoms with van der Waals surface area (Å²) in [4.78, 5) is 12.1. The molecule has 0 saturated heterocycles. The molecule has 0 radical (unpaired) electrons. The molecule has 0 aliphatic carbocycles. The minimum atomic E-state index is -0.0997. The standard InChI is InChI=1S/C16H18N2O/c1-11-3-7-14(8-4-11)16(19)18-15-9-13(10-17)6-5-12(15)2/h3-9H,10,17H2,1-2H3,(H,18,19). The van der Waals surface area contributed by atoms with E-state index in [0.717, 1.165) is 22.4 Å². The van der Waals surface area contributed by atoms with E-state index in [1.807, 2.05) is 56.3 Å². The largest absolute Gasteiger partial charge is 0.326 e. The molecule has 0 heterocycles. The molecule has 98 valence electrons. The molecule has 3 nitrogen and oxygen atoms in total. The predicted octanol–water partition coefficient (Wildman–Crippen LogP) is 3.01. The van der Waals surface area contributed by atoms with E-state index >= 15 is 0 Å². The zero-order valence-corrected chi connectivity index (χ0v) is 11.2. The molecule has 0 spiro atoms. The van der Waals surface area contributed by atoms with Crippen LogP contribution in [0.2, 0.25) is 0 Å². The molecular formula is C16H18N2O. The Labute approximate surface area is 113 Å². The SMILES string of the molecule is Cc1ccc(C(=O)Nc2cc(CN)ccc2C)cc1. The molecule has 0 aliphatic heterocycles. The number of nitrogens with one attached hydrogen (secondary N) is 1. The summed E-state index contributed by atoms with van der Waals surface area (Å²) in [5.74, 6) is -0.0997. The van der Waals surface area contributed by atoms with E-state index in [-0.39, 0.29) is 5.91 Å². The number of anilines is 1.